The largest absolute Gasteiger partial charge is 0.491 e. The van der Waals surface area contributed by atoms with Crippen molar-refractivity contribution < 1.29 is 27.8 Å². The van der Waals surface area contributed by atoms with Gasteiger partial charge in [-0.2, -0.15) is 8.78 Å². The zero-order valence-corrected chi connectivity index (χ0v) is 16.3. The number of carbonyl (C=O) groups excluding carboxylic acids is 2. The summed E-state index contributed by atoms with van der Waals surface area (Å²) in [5, 5.41) is 2.69. The number of carbonyl (C=O) groups is 2. The van der Waals surface area contributed by atoms with Crippen molar-refractivity contribution in [2.45, 2.75) is 45.6 Å². The third-order valence-corrected chi connectivity index (χ3v) is 4.54. The van der Waals surface area contributed by atoms with E-state index in [-0.39, 0.29) is 18.4 Å². The standard InChI is InChI=1S/C21H22F2N2O4/c1-13(2)28-17-6-4-5-14(11-17)12-25-18(26)21(3,24-20(25)27)15-7-9-16(10-8-15)29-19(22)23/h4-11,13,19H,12H2,1-3H3,(H,24,27). The molecule has 1 aliphatic rings. The molecule has 3 amide bonds. The summed E-state index contributed by atoms with van der Waals surface area (Å²) in [6.45, 7) is 2.55. The summed E-state index contributed by atoms with van der Waals surface area (Å²) < 4.78 is 34.6. The van der Waals surface area contributed by atoms with Crippen LogP contribution in [0, 0.1) is 0 Å². The first-order valence-electron chi connectivity index (χ1n) is 9.14. The molecule has 3 rings (SSSR count). The van der Waals surface area contributed by atoms with Crippen molar-refractivity contribution in [1.29, 1.82) is 0 Å². The van der Waals surface area contributed by atoms with Gasteiger partial charge in [0, 0.05) is 0 Å². The minimum Gasteiger partial charge on any atom is -0.491 e. The molecule has 2 aromatic rings. The minimum absolute atomic E-state index is 0.00211. The second-order valence-corrected chi connectivity index (χ2v) is 7.16. The van der Waals surface area contributed by atoms with Gasteiger partial charge in [0.1, 0.15) is 17.0 Å². The van der Waals surface area contributed by atoms with Crippen molar-refractivity contribution in [3.63, 3.8) is 0 Å². The summed E-state index contributed by atoms with van der Waals surface area (Å²) in [4.78, 5) is 26.6. The number of urea groups is 1. The second kappa shape index (κ2) is 8.06. The first kappa shape index (κ1) is 20.6. The molecule has 1 unspecified atom stereocenters. The van der Waals surface area contributed by atoms with E-state index in [0.717, 1.165) is 10.5 Å². The number of nitrogens with one attached hydrogen (secondary N) is 1. The van der Waals surface area contributed by atoms with E-state index < -0.39 is 24.1 Å². The van der Waals surface area contributed by atoms with Crippen LogP contribution in [0.3, 0.4) is 0 Å². The van der Waals surface area contributed by atoms with Crippen molar-refractivity contribution in [2.75, 3.05) is 0 Å². The number of rotatable bonds is 7. The predicted molar refractivity (Wildman–Crippen MR) is 102 cm³/mol. The maximum absolute atomic E-state index is 13.0. The number of hydrogen-bond donors (Lipinski definition) is 1. The fourth-order valence-corrected chi connectivity index (χ4v) is 3.18. The maximum Gasteiger partial charge on any atom is 0.387 e. The summed E-state index contributed by atoms with van der Waals surface area (Å²) in [6, 6.07) is 12.3. The molecule has 1 atom stereocenters. The van der Waals surface area contributed by atoms with Crippen LogP contribution in [-0.2, 0) is 16.9 Å². The fourth-order valence-electron chi connectivity index (χ4n) is 3.18. The average Bonchev–Trinajstić information content (AvgIpc) is 2.86. The van der Waals surface area contributed by atoms with Crippen LogP contribution in [0.1, 0.15) is 31.9 Å². The number of alkyl halides is 2. The Kier molecular flexibility index (Phi) is 5.72. The molecule has 0 aromatic heterocycles. The van der Waals surface area contributed by atoms with Crippen molar-refractivity contribution >= 4 is 11.9 Å². The number of amides is 3. The van der Waals surface area contributed by atoms with Crippen LogP contribution in [0.4, 0.5) is 13.6 Å². The smallest absolute Gasteiger partial charge is 0.387 e. The lowest BCUT2D eigenvalue weighted by atomic mass is 9.92. The van der Waals surface area contributed by atoms with Gasteiger partial charge in [-0.1, -0.05) is 24.3 Å². The molecular weight excluding hydrogens is 382 g/mol. The molecule has 8 heteroatoms. The van der Waals surface area contributed by atoms with Gasteiger partial charge in [0.15, 0.2) is 0 Å². The van der Waals surface area contributed by atoms with E-state index in [0.29, 0.717) is 11.3 Å². The van der Waals surface area contributed by atoms with E-state index in [1.54, 1.807) is 25.1 Å². The van der Waals surface area contributed by atoms with Crippen molar-refractivity contribution in [1.82, 2.24) is 10.2 Å². The molecule has 1 saturated heterocycles. The molecule has 1 heterocycles. The van der Waals surface area contributed by atoms with Gasteiger partial charge in [-0.25, -0.2) is 4.79 Å². The molecule has 29 heavy (non-hydrogen) atoms. The highest BCUT2D eigenvalue weighted by Gasteiger charge is 2.48. The Morgan fingerprint density at radius 1 is 1.03 bits per heavy atom. The highest BCUT2D eigenvalue weighted by Crippen LogP contribution is 2.31. The third kappa shape index (κ3) is 4.47. The summed E-state index contributed by atoms with van der Waals surface area (Å²) in [5.41, 5.74) is -0.0830. The van der Waals surface area contributed by atoms with E-state index in [9.17, 15) is 18.4 Å². The Labute approximate surface area is 167 Å². The lowest BCUT2D eigenvalue weighted by Gasteiger charge is -2.22. The third-order valence-electron chi connectivity index (χ3n) is 4.54. The molecule has 0 radical (unpaired) electrons. The number of hydrogen-bond acceptors (Lipinski definition) is 4. The van der Waals surface area contributed by atoms with Crippen LogP contribution in [0.15, 0.2) is 48.5 Å². The first-order valence-corrected chi connectivity index (χ1v) is 9.14. The van der Waals surface area contributed by atoms with Gasteiger partial charge in [0.25, 0.3) is 5.91 Å². The molecule has 1 aliphatic heterocycles. The summed E-state index contributed by atoms with van der Waals surface area (Å²) >= 11 is 0. The molecule has 0 saturated carbocycles. The van der Waals surface area contributed by atoms with Crippen LogP contribution in [0.25, 0.3) is 0 Å². The summed E-state index contributed by atoms with van der Waals surface area (Å²) in [7, 11) is 0. The number of halogens is 2. The van der Waals surface area contributed by atoms with Gasteiger partial charge in [0.05, 0.1) is 12.6 Å². The molecule has 1 N–H and O–H groups in total. The van der Waals surface area contributed by atoms with Crippen LogP contribution in [0.5, 0.6) is 11.5 Å². The SMILES string of the molecule is CC(C)Oc1cccc(CN2C(=O)NC(C)(c3ccc(OC(F)F)cc3)C2=O)c1. The van der Waals surface area contributed by atoms with E-state index in [4.69, 9.17) is 4.74 Å². The van der Waals surface area contributed by atoms with E-state index in [1.165, 1.54) is 24.3 Å². The second-order valence-electron chi connectivity index (χ2n) is 7.16. The zero-order valence-electron chi connectivity index (χ0n) is 16.3. The Hall–Kier alpha value is -3.16. The monoisotopic (exact) mass is 404 g/mol. The molecule has 0 spiro atoms. The van der Waals surface area contributed by atoms with Crippen molar-refractivity contribution in [3.05, 3.63) is 59.7 Å². The quantitative estimate of drug-likeness (QED) is 0.708. The van der Waals surface area contributed by atoms with Crippen LogP contribution >= 0.6 is 0 Å². The molecule has 0 bridgehead atoms. The Morgan fingerprint density at radius 2 is 1.72 bits per heavy atom. The van der Waals surface area contributed by atoms with Gasteiger partial charge < -0.3 is 14.8 Å². The average molecular weight is 404 g/mol. The van der Waals surface area contributed by atoms with Crippen molar-refractivity contribution in [2.24, 2.45) is 0 Å². The maximum atomic E-state index is 13.0. The molecular formula is C21H22F2N2O4. The van der Waals surface area contributed by atoms with E-state index in [2.05, 4.69) is 10.1 Å². The highest BCUT2D eigenvalue weighted by atomic mass is 19.3. The van der Waals surface area contributed by atoms with Crippen LogP contribution in [0.2, 0.25) is 0 Å². The topological polar surface area (TPSA) is 67.9 Å². The van der Waals surface area contributed by atoms with E-state index >= 15 is 0 Å². The summed E-state index contributed by atoms with van der Waals surface area (Å²) in [5.74, 6) is 0.199. The predicted octanol–water partition coefficient (Wildman–Crippen LogP) is 4.04. The fraction of sp³-hybridized carbons (Fsp3) is 0.333. The molecule has 1 fully saturated rings. The number of benzene rings is 2. The van der Waals surface area contributed by atoms with E-state index in [1.807, 2.05) is 19.9 Å². The van der Waals surface area contributed by atoms with Gasteiger partial charge in [-0.05, 0) is 56.2 Å². The van der Waals surface area contributed by atoms with Gasteiger partial charge in [-0.3, -0.25) is 9.69 Å². The molecule has 154 valence electrons. The van der Waals surface area contributed by atoms with Crippen LogP contribution in [-0.4, -0.2) is 29.6 Å². The number of imide groups is 1. The normalized spacial score (nSPS) is 19.1. The first-order chi connectivity index (χ1) is 13.7. The Bertz CT molecular complexity index is 902. The van der Waals surface area contributed by atoms with Crippen molar-refractivity contribution in [3.8, 4) is 11.5 Å². The molecule has 0 aliphatic carbocycles. The Morgan fingerprint density at radius 3 is 2.34 bits per heavy atom. The molecule has 2 aromatic carbocycles. The lowest BCUT2D eigenvalue weighted by molar-refractivity contribution is -0.131. The number of nitrogens with zero attached hydrogens (tertiary/aromatic N) is 1. The Balaban J connectivity index is 1.78. The van der Waals surface area contributed by atoms with Gasteiger partial charge >= 0.3 is 12.6 Å². The van der Waals surface area contributed by atoms with Gasteiger partial charge in [-0.15, -0.1) is 0 Å². The zero-order chi connectivity index (χ0) is 21.2. The molecule has 6 nitrogen and oxygen atoms in total. The minimum atomic E-state index is -2.94. The lowest BCUT2D eigenvalue weighted by Crippen LogP contribution is -2.40. The summed E-state index contributed by atoms with van der Waals surface area (Å²) in [6.07, 6.45) is 0.00211. The highest BCUT2D eigenvalue weighted by molar-refractivity contribution is 6.07. The van der Waals surface area contributed by atoms with Gasteiger partial charge in [0.2, 0.25) is 0 Å². The number of ether oxygens (including phenoxy) is 2. The van der Waals surface area contributed by atoms with Crippen LogP contribution < -0.4 is 14.8 Å².